The molecule has 33 heavy (non-hydrogen) atoms. The molecule has 0 atom stereocenters. The molecule has 8 nitrogen and oxygen atoms in total. The third kappa shape index (κ3) is 5.71. The van der Waals surface area contributed by atoms with Crippen LogP contribution in [-0.4, -0.2) is 52.0 Å². The number of rotatable bonds is 8. The van der Waals surface area contributed by atoms with Gasteiger partial charge in [0.2, 0.25) is 5.91 Å². The maximum absolute atomic E-state index is 13.0. The molecule has 3 rings (SSSR count). The van der Waals surface area contributed by atoms with Crippen LogP contribution in [0, 0.1) is 0 Å². The topological polar surface area (TPSA) is 96.3 Å². The minimum atomic E-state index is -0.528. The predicted octanol–water partition coefficient (Wildman–Crippen LogP) is 4.03. The Morgan fingerprint density at radius 3 is 2.33 bits per heavy atom. The average Bonchev–Trinajstić information content (AvgIpc) is 3.22. The molecule has 3 amide bonds. The number of hydrogen-bond acceptors (Lipinski definition) is 4. The van der Waals surface area contributed by atoms with Crippen LogP contribution in [0.2, 0.25) is 10.0 Å². The van der Waals surface area contributed by atoms with Gasteiger partial charge in [-0.1, -0.05) is 41.4 Å². The predicted molar refractivity (Wildman–Crippen MR) is 128 cm³/mol. The minimum Gasteiger partial charge on any atom is -0.343 e. The molecule has 0 unspecified atom stereocenters. The Balaban J connectivity index is 1.81. The Bertz CT molecular complexity index is 1160. The number of nitrogens with zero attached hydrogens (tertiary/aromatic N) is 3. The number of hydrogen-bond donors (Lipinski definition) is 2. The van der Waals surface area contributed by atoms with Gasteiger partial charge in [0.05, 0.1) is 29.0 Å². The summed E-state index contributed by atoms with van der Waals surface area (Å²) in [6.07, 6.45) is 1.43. The molecule has 0 radical (unpaired) electrons. The lowest BCUT2D eigenvalue weighted by atomic mass is 10.2. The molecule has 0 bridgehead atoms. The first kappa shape index (κ1) is 24.3. The lowest BCUT2D eigenvalue weighted by molar-refractivity contribution is -0.115. The highest BCUT2D eigenvalue weighted by atomic mass is 35.5. The van der Waals surface area contributed by atoms with E-state index in [-0.39, 0.29) is 34.4 Å². The van der Waals surface area contributed by atoms with E-state index < -0.39 is 11.8 Å². The number of benzene rings is 2. The second kappa shape index (κ2) is 11.0. The van der Waals surface area contributed by atoms with E-state index in [1.165, 1.54) is 29.1 Å². The van der Waals surface area contributed by atoms with Gasteiger partial charge in [-0.2, -0.15) is 5.10 Å². The minimum absolute atomic E-state index is 0.176. The van der Waals surface area contributed by atoms with E-state index in [1.807, 2.05) is 32.0 Å². The summed E-state index contributed by atoms with van der Waals surface area (Å²) in [5, 5.41) is 10.1. The monoisotopic (exact) mass is 487 g/mol. The van der Waals surface area contributed by atoms with Crippen molar-refractivity contribution in [1.29, 1.82) is 0 Å². The molecule has 0 saturated carbocycles. The molecule has 10 heteroatoms. The van der Waals surface area contributed by atoms with Crippen LogP contribution in [0.25, 0.3) is 5.69 Å². The van der Waals surface area contributed by atoms with Gasteiger partial charge >= 0.3 is 0 Å². The highest BCUT2D eigenvalue weighted by Gasteiger charge is 2.23. The standard InChI is InChI=1S/C23H23Cl2N5O3/c1-3-29(4-2)23(33)18-13-27-30(16-8-6-5-7-9-16)21(18)28-20(31)14-26-22(32)17-11-10-15(24)12-19(17)25/h5-13H,3-4,14H2,1-2H3,(H,26,32)(H,28,31). The van der Waals surface area contributed by atoms with Gasteiger partial charge < -0.3 is 15.5 Å². The van der Waals surface area contributed by atoms with Crippen LogP contribution >= 0.6 is 23.2 Å². The van der Waals surface area contributed by atoms with E-state index in [2.05, 4.69) is 15.7 Å². The highest BCUT2D eigenvalue weighted by Crippen LogP contribution is 2.23. The van der Waals surface area contributed by atoms with Gasteiger partial charge in [0.15, 0.2) is 0 Å². The number of halogens is 2. The fourth-order valence-corrected chi connectivity index (χ4v) is 3.67. The zero-order valence-corrected chi connectivity index (χ0v) is 19.7. The number of carbonyl (C=O) groups excluding carboxylic acids is 3. The Morgan fingerprint density at radius 1 is 1.00 bits per heavy atom. The van der Waals surface area contributed by atoms with Crippen LogP contribution in [0.15, 0.2) is 54.7 Å². The summed E-state index contributed by atoms with van der Waals surface area (Å²) >= 11 is 11.9. The molecule has 0 saturated heterocycles. The summed E-state index contributed by atoms with van der Waals surface area (Å²) in [7, 11) is 0. The number of anilines is 1. The number of carbonyl (C=O) groups is 3. The van der Waals surface area contributed by atoms with Gasteiger partial charge in [-0.05, 0) is 44.2 Å². The lowest BCUT2D eigenvalue weighted by Gasteiger charge is -2.19. The Morgan fingerprint density at radius 2 is 1.70 bits per heavy atom. The summed E-state index contributed by atoms with van der Waals surface area (Å²) < 4.78 is 1.48. The van der Waals surface area contributed by atoms with Crippen molar-refractivity contribution in [2.45, 2.75) is 13.8 Å². The summed E-state index contributed by atoms with van der Waals surface area (Å²) in [4.78, 5) is 39.8. The quantitative estimate of drug-likeness (QED) is 0.501. The third-order valence-electron chi connectivity index (χ3n) is 4.89. The van der Waals surface area contributed by atoms with Crippen molar-refractivity contribution in [3.8, 4) is 5.69 Å². The second-order valence-electron chi connectivity index (χ2n) is 6.99. The first-order valence-electron chi connectivity index (χ1n) is 10.3. The third-order valence-corrected chi connectivity index (χ3v) is 5.44. The summed E-state index contributed by atoms with van der Waals surface area (Å²) in [6.45, 7) is 4.43. The van der Waals surface area contributed by atoms with E-state index in [9.17, 15) is 14.4 Å². The van der Waals surface area contributed by atoms with Crippen LogP contribution < -0.4 is 10.6 Å². The van der Waals surface area contributed by atoms with Crippen molar-refractivity contribution in [2.24, 2.45) is 0 Å². The maximum atomic E-state index is 13.0. The molecule has 2 N–H and O–H groups in total. The van der Waals surface area contributed by atoms with Crippen molar-refractivity contribution in [3.63, 3.8) is 0 Å². The fraction of sp³-hybridized carbons (Fsp3) is 0.217. The number of amides is 3. The van der Waals surface area contributed by atoms with E-state index >= 15 is 0 Å². The average molecular weight is 488 g/mol. The SMILES string of the molecule is CCN(CC)C(=O)c1cnn(-c2ccccc2)c1NC(=O)CNC(=O)c1ccc(Cl)cc1Cl. The molecule has 0 spiro atoms. The molecule has 0 aliphatic heterocycles. The molecule has 1 aromatic heterocycles. The van der Waals surface area contributed by atoms with E-state index in [0.717, 1.165) is 0 Å². The van der Waals surface area contributed by atoms with Crippen LogP contribution in [-0.2, 0) is 4.79 Å². The van der Waals surface area contributed by atoms with Crippen molar-refractivity contribution in [3.05, 3.63) is 75.9 Å². The van der Waals surface area contributed by atoms with E-state index in [1.54, 1.807) is 17.0 Å². The normalized spacial score (nSPS) is 10.5. The van der Waals surface area contributed by atoms with Gasteiger partial charge in [-0.3, -0.25) is 14.4 Å². The molecular formula is C23H23Cl2N5O3. The summed E-state index contributed by atoms with van der Waals surface area (Å²) in [5.41, 5.74) is 1.12. The molecule has 0 fully saturated rings. The number of aromatic nitrogens is 2. The van der Waals surface area contributed by atoms with Crippen molar-refractivity contribution in [2.75, 3.05) is 25.0 Å². The molecule has 0 aliphatic rings. The first-order valence-corrected chi connectivity index (χ1v) is 11.1. The van der Waals surface area contributed by atoms with Crippen molar-refractivity contribution >= 4 is 46.7 Å². The summed E-state index contributed by atoms with van der Waals surface area (Å²) in [5.74, 6) is -1.08. The van der Waals surface area contributed by atoms with Gasteiger partial charge in [0, 0.05) is 18.1 Å². The van der Waals surface area contributed by atoms with Crippen molar-refractivity contribution in [1.82, 2.24) is 20.0 Å². The molecule has 0 aliphatic carbocycles. The van der Waals surface area contributed by atoms with E-state index in [4.69, 9.17) is 23.2 Å². The van der Waals surface area contributed by atoms with Gasteiger partial charge in [0.25, 0.3) is 11.8 Å². The molecule has 3 aromatic rings. The number of para-hydroxylation sites is 1. The summed E-state index contributed by atoms with van der Waals surface area (Å²) in [6, 6.07) is 13.6. The molecule has 1 heterocycles. The maximum Gasteiger partial charge on any atom is 0.259 e. The molecule has 172 valence electrons. The van der Waals surface area contributed by atoms with Crippen LogP contribution in [0.4, 0.5) is 5.82 Å². The number of nitrogens with one attached hydrogen (secondary N) is 2. The van der Waals surface area contributed by atoms with Gasteiger partial charge in [-0.25, -0.2) is 4.68 Å². The Hall–Kier alpha value is -3.36. The molecular weight excluding hydrogens is 465 g/mol. The van der Waals surface area contributed by atoms with Crippen LogP contribution in [0.5, 0.6) is 0 Å². The highest BCUT2D eigenvalue weighted by molar-refractivity contribution is 6.36. The second-order valence-corrected chi connectivity index (χ2v) is 7.83. The zero-order valence-electron chi connectivity index (χ0n) is 18.1. The van der Waals surface area contributed by atoms with Crippen LogP contribution in [0.3, 0.4) is 0 Å². The Kier molecular flexibility index (Phi) is 8.08. The van der Waals surface area contributed by atoms with Gasteiger partial charge in [-0.15, -0.1) is 0 Å². The first-order chi connectivity index (χ1) is 15.8. The van der Waals surface area contributed by atoms with Crippen molar-refractivity contribution < 1.29 is 14.4 Å². The molecule has 2 aromatic carbocycles. The van der Waals surface area contributed by atoms with Gasteiger partial charge in [0.1, 0.15) is 11.4 Å². The largest absolute Gasteiger partial charge is 0.343 e. The smallest absolute Gasteiger partial charge is 0.259 e. The lowest BCUT2D eigenvalue weighted by Crippen LogP contribution is -2.35. The zero-order chi connectivity index (χ0) is 24.0. The fourth-order valence-electron chi connectivity index (χ4n) is 3.18. The van der Waals surface area contributed by atoms with E-state index in [0.29, 0.717) is 23.8 Å². The van der Waals surface area contributed by atoms with Crippen LogP contribution in [0.1, 0.15) is 34.6 Å². The Labute approximate surface area is 201 Å².